The summed E-state index contributed by atoms with van der Waals surface area (Å²) < 4.78 is 1.26. The van der Waals surface area contributed by atoms with Gasteiger partial charge in [0, 0.05) is 7.05 Å². The fourth-order valence-corrected chi connectivity index (χ4v) is 4.10. The summed E-state index contributed by atoms with van der Waals surface area (Å²) in [4.78, 5) is 30.9. The normalized spacial score (nSPS) is 16.7. The van der Waals surface area contributed by atoms with Gasteiger partial charge in [0.25, 0.3) is 0 Å². The third-order valence-electron chi connectivity index (χ3n) is 4.18. The highest BCUT2D eigenvalue weighted by atomic mass is 32.1. The van der Waals surface area contributed by atoms with Crippen LogP contribution in [0.15, 0.2) is 6.20 Å². The maximum Gasteiger partial charge on any atom is 0.358 e. The molecule has 24 heavy (non-hydrogen) atoms. The van der Waals surface area contributed by atoms with Gasteiger partial charge in [-0.25, -0.2) is 14.5 Å². The van der Waals surface area contributed by atoms with Crippen LogP contribution >= 0.6 is 11.3 Å². The molecule has 1 unspecified atom stereocenters. The number of carboxylic acid groups (broad SMARTS) is 1. The maximum atomic E-state index is 12.6. The van der Waals surface area contributed by atoms with Crippen molar-refractivity contribution in [3.8, 4) is 0 Å². The molecule has 3 rings (SSSR count). The Morgan fingerprint density at radius 2 is 2.29 bits per heavy atom. The number of amides is 1. The summed E-state index contributed by atoms with van der Waals surface area (Å²) in [6.07, 6.45) is 5.06. The van der Waals surface area contributed by atoms with Crippen molar-refractivity contribution < 1.29 is 14.7 Å². The predicted molar refractivity (Wildman–Crippen MR) is 86.9 cm³/mol. The molecule has 0 saturated carbocycles. The lowest BCUT2D eigenvalue weighted by Gasteiger charge is -2.30. The van der Waals surface area contributed by atoms with E-state index in [9.17, 15) is 9.59 Å². The molecule has 1 amide bonds. The van der Waals surface area contributed by atoms with Crippen LogP contribution in [0.1, 0.15) is 51.9 Å². The van der Waals surface area contributed by atoms with Gasteiger partial charge >= 0.3 is 5.97 Å². The highest BCUT2D eigenvalue weighted by molar-refractivity contribution is 7.11. The number of hydrogen-bond acceptors (Lipinski definition) is 6. The van der Waals surface area contributed by atoms with E-state index in [1.54, 1.807) is 23.3 Å². The lowest BCUT2D eigenvalue weighted by molar-refractivity contribution is -0.133. The number of aromatic carboxylic acids is 1. The number of aryl methyl sites for hydroxylation is 2. The average molecular weight is 349 g/mol. The number of nitrogens with zero attached hydrogens (tertiary/aromatic N) is 5. The molecule has 0 bridgehead atoms. The minimum Gasteiger partial charge on any atom is -0.476 e. The fourth-order valence-electron chi connectivity index (χ4n) is 2.87. The van der Waals surface area contributed by atoms with Crippen LogP contribution in [0.3, 0.4) is 0 Å². The van der Waals surface area contributed by atoms with Gasteiger partial charge in [-0.2, -0.15) is 0 Å². The summed E-state index contributed by atoms with van der Waals surface area (Å²) in [5, 5.41) is 17.2. The number of carbonyl (C=O) groups is 2. The second-order valence-electron chi connectivity index (χ2n) is 5.79. The largest absolute Gasteiger partial charge is 0.476 e. The highest BCUT2D eigenvalue weighted by Gasteiger charge is 2.30. The number of hydrogen-bond donors (Lipinski definition) is 1. The van der Waals surface area contributed by atoms with E-state index in [4.69, 9.17) is 5.11 Å². The molecule has 0 aliphatic heterocycles. The molecule has 0 saturated heterocycles. The molecule has 0 spiro atoms. The Labute approximate surface area is 143 Å². The summed E-state index contributed by atoms with van der Waals surface area (Å²) in [7, 11) is 1.78. The molecule has 128 valence electrons. The first-order valence-corrected chi connectivity index (χ1v) is 8.68. The summed E-state index contributed by atoms with van der Waals surface area (Å²) in [6, 6.07) is 0.0292. The molecule has 0 fully saturated rings. The van der Waals surface area contributed by atoms with Crippen molar-refractivity contribution >= 4 is 23.2 Å². The first kappa shape index (κ1) is 16.6. The Hall–Kier alpha value is -2.29. The molecule has 8 nitrogen and oxygen atoms in total. The zero-order valence-electron chi connectivity index (χ0n) is 13.6. The van der Waals surface area contributed by atoms with Gasteiger partial charge in [-0.05, 0) is 25.7 Å². The van der Waals surface area contributed by atoms with E-state index in [0.29, 0.717) is 0 Å². The SMILES string of the molecule is CCc1nc2c(s1)C(N(C)C(=O)Cn1cc(C(=O)O)nn1)CCC2. The Morgan fingerprint density at radius 1 is 1.50 bits per heavy atom. The molecule has 2 heterocycles. The monoisotopic (exact) mass is 349 g/mol. The smallest absolute Gasteiger partial charge is 0.358 e. The predicted octanol–water partition coefficient (Wildman–Crippen LogP) is 1.53. The van der Waals surface area contributed by atoms with E-state index in [0.717, 1.165) is 36.4 Å². The van der Waals surface area contributed by atoms with Crippen LogP contribution in [-0.2, 0) is 24.2 Å². The van der Waals surface area contributed by atoms with E-state index < -0.39 is 5.97 Å². The van der Waals surface area contributed by atoms with Crippen LogP contribution < -0.4 is 0 Å². The van der Waals surface area contributed by atoms with Crippen LogP contribution in [0.2, 0.25) is 0 Å². The molecular weight excluding hydrogens is 330 g/mol. The third kappa shape index (κ3) is 3.16. The van der Waals surface area contributed by atoms with Crippen molar-refractivity contribution in [3.63, 3.8) is 0 Å². The molecule has 1 aliphatic rings. The Kier molecular flexibility index (Phi) is 4.61. The summed E-state index contributed by atoms with van der Waals surface area (Å²) >= 11 is 1.69. The van der Waals surface area contributed by atoms with E-state index in [-0.39, 0.29) is 24.2 Å². The zero-order chi connectivity index (χ0) is 17.3. The van der Waals surface area contributed by atoms with Crippen molar-refractivity contribution in [1.82, 2.24) is 24.9 Å². The number of carbonyl (C=O) groups excluding carboxylic acids is 1. The lowest BCUT2D eigenvalue weighted by atomic mass is 9.97. The number of aromatic nitrogens is 4. The zero-order valence-corrected chi connectivity index (χ0v) is 14.4. The van der Waals surface area contributed by atoms with E-state index in [1.807, 2.05) is 0 Å². The van der Waals surface area contributed by atoms with Crippen molar-refractivity contribution in [3.05, 3.63) is 27.5 Å². The first-order chi connectivity index (χ1) is 11.5. The van der Waals surface area contributed by atoms with Crippen molar-refractivity contribution in [2.24, 2.45) is 0 Å². The molecule has 2 aromatic heterocycles. The lowest BCUT2D eigenvalue weighted by Crippen LogP contribution is -2.35. The van der Waals surface area contributed by atoms with E-state index in [1.165, 1.54) is 15.8 Å². The minimum absolute atomic E-state index is 0.0257. The molecule has 2 aromatic rings. The standard InChI is InChI=1S/C15H19N5O3S/c1-3-12-16-9-5-4-6-11(14(9)24-12)19(2)13(21)8-20-7-10(15(22)23)17-18-20/h7,11H,3-6,8H2,1-2H3,(H,22,23). The second-order valence-corrected chi connectivity index (χ2v) is 6.91. The van der Waals surface area contributed by atoms with Crippen molar-refractivity contribution in [1.29, 1.82) is 0 Å². The summed E-state index contributed by atoms with van der Waals surface area (Å²) in [5.74, 6) is -1.28. The van der Waals surface area contributed by atoms with Crippen LogP contribution in [0.4, 0.5) is 0 Å². The number of carboxylic acids is 1. The van der Waals surface area contributed by atoms with Crippen LogP contribution in [0.25, 0.3) is 0 Å². The molecule has 1 atom stereocenters. The minimum atomic E-state index is -1.16. The van der Waals surface area contributed by atoms with Crippen LogP contribution in [0, 0.1) is 0 Å². The maximum absolute atomic E-state index is 12.6. The highest BCUT2D eigenvalue weighted by Crippen LogP contribution is 2.37. The van der Waals surface area contributed by atoms with Crippen molar-refractivity contribution in [2.45, 2.75) is 45.2 Å². The first-order valence-electron chi connectivity index (χ1n) is 7.87. The third-order valence-corrected chi connectivity index (χ3v) is 5.53. The molecule has 0 aromatic carbocycles. The molecular formula is C15H19N5O3S. The van der Waals surface area contributed by atoms with Gasteiger partial charge < -0.3 is 10.0 Å². The van der Waals surface area contributed by atoms with Gasteiger partial charge in [0.1, 0.15) is 6.54 Å². The molecule has 9 heteroatoms. The number of fused-ring (bicyclic) bond motifs is 1. The van der Waals surface area contributed by atoms with Gasteiger partial charge in [0.15, 0.2) is 5.69 Å². The topological polar surface area (TPSA) is 101 Å². The Bertz CT molecular complexity index is 769. The van der Waals surface area contributed by atoms with Crippen molar-refractivity contribution in [2.75, 3.05) is 7.05 Å². The van der Waals surface area contributed by atoms with Gasteiger partial charge in [0.2, 0.25) is 5.91 Å². The van der Waals surface area contributed by atoms with Crippen LogP contribution in [-0.4, -0.2) is 48.9 Å². The molecule has 1 N–H and O–H groups in total. The number of likely N-dealkylation sites (N-methyl/N-ethyl adjacent to an activating group) is 1. The van der Waals surface area contributed by atoms with Gasteiger partial charge in [-0.3, -0.25) is 4.79 Å². The molecule has 1 aliphatic carbocycles. The van der Waals surface area contributed by atoms with Gasteiger partial charge in [-0.15, -0.1) is 16.4 Å². The summed E-state index contributed by atoms with van der Waals surface area (Å²) in [5.41, 5.74) is 0.946. The summed E-state index contributed by atoms with van der Waals surface area (Å²) in [6.45, 7) is 2.06. The quantitative estimate of drug-likeness (QED) is 0.878. The van der Waals surface area contributed by atoms with E-state index >= 15 is 0 Å². The second kappa shape index (κ2) is 6.68. The average Bonchev–Trinajstić information content (AvgIpc) is 3.19. The Balaban J connectivity index is 1.74. The van der Waals surface area contributed by atoms with Gasteiger partial charge in [-0.1, -0.05) is 12.1 Å². The van der Waals surface area contributed by atoms with Gasteiger partial charge in [0.05, 0.1) is 27.8 Å². The fraction of sp³-hybridized carbons (Fsp3) is 0.533. The van der Waals surface area contributed by atoms with E-state index in [2.05, 4.69) is 22.2 Å². The number of rotatable bonds is 5. The Morgan fingerprint density at radius 3 is 2.96 bits per heavy atom. The number of thiazole rings is 1. The van der Waals surface area contributed by atoms with Crippen LogP contribution in [0.5, 0.6) is 0 Å². The molecule has 0 radical (unpaired) electrons.